The number of carbonyl (C=O) groups excluding carboxylic acids is 1. The Bertz CT molecular complexity index is 1700. The van der Waals surface area contributed by atoms with Gasteiger partial charge in [0.2, 0.25) is 0 Å². The third-order valence-electron chi connectivity index (χ3n) is 5.53. The van der Waals surface area contributed by atoms with Crippen molar-refractivity contribution in [1.82, 2.24) is 18.7 Å². The minimum Gasteiger partial charge on any atom is -0.467 e. The summed E-state index contributed by atoms with van der Waals surface area (Å²) >= 11 is 6.02. The van der Waals surface area contributed by atoms with Gasteiger partial charge in [-0.05, 0) is 48.5 Å². The zero-order valence-electron chi connectivity index (χ0n) is 18.1. The second-order valence-electron chi connectivity index (χ2n) is 7.72. The summed E-state index contributed by atoms with van der Waals surface area (Å²) in [6.07, 6.45) is 2.81. The number of nitrogens with zero attached hydrogens (tertiary/aromatic N) is 5. The average molecular weight is 486 g/mol. The molecule has 5 aromatic rings. The van der Waals surface area contributed by atoms with Gasteiger partial charge >= 0.3 is 5.69 Å². The van der Waals surface area contributed by atoms with Crippen molar-refractivity contribution in [3.63, 3.8) is 0 Å². The maximum atomic E-state index is 13.5. The van der Waals surface area contributed by atoms with E-state index < -0.39 is 11.2 Å². The van der Waals surface area contributed by atoms with Crippen LogP contribution in [0.15, 0.2) is 87.3 Å². The van der Waals surface area contributed by atoms with Crippen LogP contribution in [0.3, 0.4) is 0 Å². The van der Waals surface area contributed by atoms with Crippen molar-refractivity contribution in [1.29, 1.82) is 5.26 Å². The van der Waals surface area contributed by atoms with Crippen molar-refractivity contribution in [3.05, 3.63) is 116 Å². The van der Waals surface area contributed by atoms with Crippen molar-refractivity contribution >= 4 is 28.5 Å². The Morgan fingerprint density at radius 3 is 2.46 bits per heavy atom. The summed E-state index contributed by atoms with van der Waals surface area (Å²) in [5.41, 5.74) is 0.275. The molecule has 0 N–H and O–H groups in total. The van der Waals surface area contributed by atoms with E-state index in [0.29, 0.717) is 27.6 Å². The molecule has 3 aromatic heterocycles. The minimum atomic E-state index is -0.607. The quantitative estimate of drug-likeness (QED) is 0.340. The molecular weight excluding hydrogens is 470 g/mol. The predicted octanol–water partition coefficient (Wildman–Crippen LogP) is 3.40. The van der Waals surface area contributed by atoms with Gasteiger partial charge in [-0.25, -0.2) is 14.3 Å². The second-order valence-corrected chi connectivity index (χ2v) is 8.16. The van der Waals surface area contributed by atoms with Gasteiger partial charge in [-0.15, -0.1) is 0 Å². The first-order valence-corrected chi connectivity index (χ1v) is 10.9. The van der Waals surface area contributed by atoms with Crippen LogP contribution in [0.25, 0.3) is 16.9 Å². The molecule has 0 radical (unpaired) electrons. The Balaban J connectivity index is 1.67. The molecule has 0 bridgehead atoms. The van der Waals surface area contributed by atoms with Crippen LogP contribution < -0.4 is 11.2 Å². The van der Waals surface area contributed by atoms with E-state index >= 15 is 0 Å². The van der Waals surface area contributed by atoms with E-state index in [9.17, 15) is 14.4 Å². The zero-order chi connectivity index (χ0) is 24.5. The van der Waals surface area contributed by atoms with Gasteiger partial charge in [0.05, 0.1) is 43.0 Å². The highest BCUT2D eigenvalue weighted by Gasteiger charge is 2.21. The summed E-state index contributed by atoms with van der Waals surface area (Å²) < 4.78 is 9.11. The predicted molar refractivity (Wildman–Crippen MR) is 128 cm³/mol. The van der Waals surface area contributed by atoms with Crippen LogP contribution in [0.4, 0.5) is 0 Å². The summed E-state index contributed by atoms with van der Waals surface area (Å²) in [6, 6.07) is 18.1. The average Bonchev–Trinajstić information content (AvgIpc) is 3.53. The normalized spacial score (nSPS) is 11.0. The number of aromatic nitrogens is 4. The number of hydrogen-bond donors (Lipinski definition) is 0. The van der Waals surface area contributed by atoms with Crippen molar-refractivity contribution in [2.45, 2.75) is 13.1 Å². The lowest BCUT2D eigenvalue weighted by Crippen LogP contribution is -2.40. The number of hydrogen-bond acceptors (Lipinski definition) is 6. The molecule has 0 saturated heterocycles. The van der Waals surface area contributed by atoms with E-state index in [0.717, 1.165) is 4.57 Å². The second kappa shape index (κ2) is 8.93. The summed E-state index contributed by atoms with van der Waals surface area (Å²) in [7, 11) is 0. The zero-order valence-corrected chi connectivity index (χ0v) is 18.8. The summed E-state index contributed by atoms with van der Waals surface area (Å²) in [5, 5.41) is 9.46. The highest BCUT2D eigenvalue weighted by molar-refractivity contribution is 6.30. The molecule has 0 spiro atoms. The lowest BCUT2D eigenvalue weighted by atomic mass is 10.1. The molecule has 0 amide bonds. The molecule has 3 heterocycles. The van der Waals surface area contributed by atoms with Gasteiger partial charge in [0.15, 0.2) is 16.9 Å². The Kier molecular flexibility index (Phi) is 5.65. The molecular formula is C25H16ClN5O4. The van der Waals surface area contributed by atoms with Gasteiger partial charge < -0.3 is 8.98 Å². The van der Waals surface area contributed by atoms with E-state index in [1.807, 2.05) is 6.07 Å². The van der Waals surface area contributed by atoms with Crippen LogP contribution in [0.5, 0.6) is 0 Å². The Hall–Kier alpha value is -4.68. The summed E-state index contributed by atoms with van der Waals surface area (Å²) in [6.45, 7) is -0.278. The van der Waals surface area contributed by atoms with E-state index in [1.165, 1.54) is 21.7 Å². The molecule has 2 aromatic carbocycles. The summed E-state index contributed by atoms with van der Waals surface area (Å²) in [5.74, 6) is 0.140. The topological polar surface area (TPSA) is 116 Å². The fraction of sp³-hybridized carbons (Fsp3) is 0.0800. The maximum Gasteiger partial charge on any atom is 0.337 e. The molecule has 0 fully saturated rings. The van der Waals surface area contributed by atoms with E-state index in [-0.39, 0.29) is 30.0 Å². The van der Waals surface area contributed by atoms with Crippen molar-refractivity contribution in [2.24, 2.45) is 0 Å². The molecule has 0 aliphatic heterocycles. The van der Waals surface area contributed by atoms with Gasteiger partial charge in [-0.2, -0.15) is 5.26 Å². The number of ketones is 1. The van der Waals surface area contributed by atoms with Crippen LogP contribution in [0.2, 0.25) is 5.02 Å². The first kappa shape index (κ1) is 22.1. The van der Waals surface area contributed by atoms with Crippen LogP contribution >= 0.6 is 11.6 Å². The number of benzene rings is 2. The van der Waals surface area contributed by atoms with Crippen molar-refractivity contribution in [3.8, 4) is 11.8 Å². The number of Topliss-reactive ketones (excluding diaryl/α,β-unsaturated/α-hetero) is 1. The van der Waals surface area contributed by atoms with Crippen LogP contribution in [0, 0.1) is 11.3 Å². The molecule has 35 heavy (non-hydrogen) atoms. The fourth-order valence-electron chi connectivity index (χ4n) is 3.80. The Labute approximate surface area is 202 Å². The Morgan fingerprint density at radius 1 is 1.06 bits per heavy atom. The van der Waals surface area contributed by atoms with E-state index in [4.69, 9.17) is 21.3 Å². The highest BCUT2D eigenvalue weighted by Crippen LogP contribution is 2.17. The number of fused-ring (bicyclic) bond motifs is 1. The monoisotopic (exact) mass is 485 g/mol. The van der Waals surface area contributed by atoms with Gasteiger partial charge in [0, 0.05) is 10.6 Å². The lowest BCUT2D eigenvalue weighted by Gasteiger charge is -2.12. The van der Waals surface area contributed by atoms with E-state index in [2.05, 4.69) is 4.98 Å². The molecule has 0 atom stereocenters. The molecule has 172 valence electrons. The Morgan fingerprint density at radius 2 is 1.80 bits per heavy atom. The number of rotatable bonds is 6. The molecule has 0 saturated carbocycles. The number of furan rings is 1. The lowest BCUT2D eigenvalue weighted by molar-refractivity contribution is 0.0973. The number of imidazole rings is 1. The standard InChI is InChI=1S/C25H16ClN5O4/c26-18-7-9-19(10-8-18)31-23-22(24(33)30(25(31)34)13-20-2-1-11-35-20)29(15-28-23)14-21(32)17-5-3-16(12-27)4-6-17/h1-11,15H,13-14H2. The van der Waals surface area contributed by atoms with Gasteiger partial charge in [0.1, 0.15) is 5.76 Å². The maximum absolute atomic E-state index is 13.5. The largest absolute Gasteiger partial charge is 0.467 e. The van der Waals surface area contributed by atoms with Crippen LogP contribution in [-0.2, 0) is 13.1 Å². The van der Waals surface area contributed by atoms with Crippen LogP contribution in [-0.4, -0.2) is 24.5 Å². The molecule has 5 rings (SSSR count). The van der Waals surface area contributed by atoms with Gasteiger partial charge in [0.25, 0.3) is 5.56 Å². The van der Waals surface area contributed by atoms with Gasteiger partial charge in [-0.3, -0.25) is 14.2 Å². The third-order valence-corrected chi connectivity index (χ3v) is 5.78. The fourth-order valence-corrected chi connectivity index (χ4v) is 3.92. The van der Waals surface area contributed by atoms with Gasteiger partial charge in [-0.1, -0.05) is 23.7 Å². The number of carbonyl (C=O) groups is 1. The molecule has 10 heteroatoms. The molecule has 9 nitrogen and oxygen atoms in total. The van der Waals surface area contributed by atoms with Crippen LogP contribution in [0.1, 0.15) is 21.7 Å². The first-order chi connectivity index (χ1) is 17.0. The molecule has 0 aliphatic rings. The number of nitriles is 1. The molecule has 0 aliphatic carbocycles. The number of halogens is 1. The van der Waals surface area contributed by atoms with E-state index in [1.54, 1.807) is 60.7 Å². The third kappa shape index (κ3) is 4.07. The van der Waals surface area contributed by atoms with Crippen molar-refractivity contribution in [2.75, 3.05) is 0 Å². The SMILES string of the molecule is N#Cc1ccc(C(=O)Cn2cnc3c2c(=O)n(Cc2ccco2)c(=O)n3-c2ccc(Cl)cc2)cc1. The van der Waals surface area contributed by atoms with Crippen molar-refractivity contribution < 1.29 is 9.21 Å². The minimum absolute atomic E-state index is 0.0908. The first-order valence-electron chi connectivity index (χ1n) is 10.5. The summed E-state index contributed by atoms with van der Waals surface area (Å²) in [4.78, 5) is 44.2. The highest BCUT2D eigenvalue weighted by atomic mass is 35.5. The smallest absolute Gasteiger partial charge is 0.337 e. The molecule has 0 unspecified atom stereocenters.